The van der Waals surface area contributed by atoms with E-state index in [9.17, 15) is 0 Å². The van der Waals surface area contributed by atoms with Crippen LogP contribution < -0.4 is 5.32 Å². The average molecular weight is 320 g/mol. The topological polar surface area (TPSA) is 24.5 Å². The van der Waals surface area contributed by atoms with Crippen LogP contribution >= 0.6 is 0 Å². The van der Waals surface area contributed by atoms with Gasteiger partial charge < -0.3 is 15.0 Å². The van der Waals surface area contributed by atoms with E-state index >= 15 is 0 Å². The van der Waals surface area contributed by atoms with Crippen LogP contribution in [0.2, 0.25) is 0 Å². The molecule has 3 rings (SSSR count). The molecule has 1 aliphatic heterocycles. The van der Waals surface area contributed by atoms with Gasteiger partial charge in [-0.25, -0.2) is 0 Å². The standard InChI is InChI=1S/C21H24N2O/c1-4-14-22-20(18-12-13-18)19-11-8-15-23(21(19)24-3)16(2)17-9-6-5-7-10-17/h1,5-11,15-16,21-22H,12-14H2,2-3H3. The van der Waals surface area contributed by atoms with Gasteiger partial charge in [-0.2, -0.15) is 0 Å². The first-order valence-corrected chi connectivity index (χ1v) is 8.39. The SMILES string of the molecule is C#CCNC(C1=CC=CN(C(C)c2ccccc2)C1OC)=C1CC1. The van der Waals surface area contributed by atoms with Crippen LogP contribution in [0, 0.1) is 12.3 Å². The Balaban J connectivity index is 1.87. The van der Waals surface area contributed by atoms with E-state index in [1.54, 1.807) is 7.11 Å². The number of rotatable bonds is 6. The Kier molecular flexibility index (Phi) is 5.08. The van der Waals surface area contributed by atoms with Crippen molar-refractivity contribution in [2.75, 3.05) is 13.7 Å². The summed E-state index contributed by atoms with van der Waals surface area (Å²) >= 11 is 0. The minimum Gasteiger partial charge on any atom is -0.374 e. The minimum atomic E-state index is -0.126. The number of hydrogen-bond acceptors (Lipinski definition) is 3. The van der Waals surface area contributed by atoms with E-state index in [-0.39, 0.29) is 12.3 Å². The van der Waals surface area contributed by atoms with Crippen LogP contribution in [-0.4, -0.2) is 24.8 Å². The van der Waals surface area contributed by atoms with Crippen molar-refractivity contribution in [2.45, 2.75) is 32.0 Å². The van der Waals surface area contributed by atoms with E-state index in [1.807, 2.05) is 6.07 Å². The zero-order chi connectivity index (χ0) is 16.9. The zero-order valence-electron chi connectivity index (χ0n) is 14.3. The number of benzene rings is 1. The molecule has 1 aromatic carbocycles. The van der Waals surface area contributed by atoms with Crippen LogP contribution in [-0.2, 0) is 4.74 Å². The smallest absolute Gasteiger partial charge is 0.158 e. The quantitative estimate of drug-likeness (QED) is 0.808. The molecule has 2 atom stereocenters. The van der Waals surface area contributed by atoms with E-state index in [0.717, 1.165) is 24.1 Å². The number of nitrogens with zero attached hydrogens (tertiary/aromatic N) is 1. The molecular formula is C21H24N2O. The van der Waals surface area contributed by atoms with Gasteiger partial charge in [0, 0.05) is 24.6 Å². The van der Waals surface area contributed by atoms with Crippen molar-refractivity contribution >= 4 is 0 Å². The molecule has 2 unspecified atom stereocenters. The third-order valence-corrected chi connectivity index (χ3v) is 4.53. The van der Waals surface area contributed by atoms with Crippen LogP contribution in [0.1, 0.15) is 31.4 Å². The summed E-state index contributed by atoms with van der Waals surface area (Å²) in [4.78, 5) is 2.26. The molecule has 1 fully saturated rings. The summed E-state index contributed by atoms with van der Waals surface area (Å²) in [6.45, 7) is 2.73. The second-order valence-corrected chi connectivity index (χ2v) is 6.12. The summed E-state index contributed by atoms with van der Waals surface area (Å²) < 4.78 is 5.88. The number of allylic oxidation sites excluding steroid dienone is 3. The van der Waals surface area contributed by atoms with Crippen molar-refractivity contribution in [1.82, 2.24) is 10.2 Å². The summed E-state index contributed by atoms with van der Waals surface area (Å²) in [5, 5.41) is 3.40. The summed E-state index contributed by atoms with van der Waals surface area (Å²) in [5.41, 5.74) is 5.02. The van der Waals surface area contributed by atoms with E-state index in [1.165, 1.54) is 11.1 Å². The van der Waals surface area contributed by atoms with Gasteiger partial charge in [0.1, 0.15) is 0 Å². The van der Waals surface area contributed by atoms with Crippen molar-refractivity contribution in [2.24, 2.45) is 0 Å². The number of methoxy groups -OCH3 is 1. The first kappa shape index (κ1) is 16.4. The van der Waals surface area contributed by atoms with Crippen molar-refractivity contribution in [1.29, 1.82) is 0 Å². The molecule has 0 radical (unpaired) electrons. The summed E-state index contributed by atoms with van der Waals surface area (Å²) in [5.74, 6) is 2.67. The number of ether oxygens (including phenoxy) is 1. The molecule has 0 amide bonds. The Hall–Kier alpha value is -2.44. The lowest BCUT2D eigenvalue weighted by Crippen LogP contribution is -2.39. The van der Waals surface area contributed by atoms with Gasteiger partial charge >= 0.3 is 0 Å². The summed E-state index contributed by atoms with van der Waals surface area (Å²) in [6, 6.07) is 10.7. The van der Waals surface area contributed by atoms with E-state index in [4.69, 9.17) is 11.2 Å². The molecule has 3 nitrogen and oxygen atoms in total. The minimum absolute atomic E-state index is 0.126. The van der Waals surface area contributed by atoms with Crippen LogP contribution in [0.15, 0.2) is 65.5 Å². The molecule has 1 N–H and O–H groups in total. The normalized spacial score (nSPS) is 20.2. The fourth-order valence-electron chi connectivity index (χ4n) is 3.14. The molecule has 24 heavy (non-hydrogen) atoms. The van der Waals surface area contributed by atoms with Gasteiger partial charge in [-0.05, 0) is 37.0 Å². The van der Waals surface area contributed by atoms with Crippen molar-refractivity contribution in [3.8, 4) is 12.3 Å². The molecule has 1 saturated carbocycles. The highest BCUT2D eigenvalue weighted by Crippen LogP contribution is 2.38. The lowest BCUT2D eigenvalue weighted by molar-refractivity contribution is 0.00228. The number of terminal acetylenes is 1. The van der Waals surface area contributed by atoms with E-state index in [0.29, 0.717) is 6.54 Å². The monoisotopic (exact) mass is 320 g/mol. The molecule has 3 heteroatoms. The predicted octanol–water partition coefficient (Wildman–Crippen LogP) is 3.75. The largest absolute Gasteiger partial charge is 0.374 e. The van der Waals surface area contributed by atoms with Gasteiger partial charge in [0.25, 0.3) is 0 Å². The summed E-state index contributed by atoms with van der Waals surface area (Å²) in [7, 11) is 1.76. The van der Waals surface area contributed by atoms with Crippen LogP contribution in [0.5, 0.6) is 0 Å². The molecule has 1 aromatic rings. The molecule has 124 valence electrons. The first-order valence-electron chi connectivity index (χ1n) is 8.39. The third kappa shape index (κ3) is 3.39. The maximum atomic E-state index is 5.88. The van der Waals surface area contributed by atoms with Crippen LogP contribution in [0.3, 0.4) is 0 Å². The average Bonchev–Trinajstić information content (AvgIpc) is 3.47. The Morgan fingerprint density at radius 1 is 1.38 bits per heavy atom. The highest BCUT2D eigenvalue weighted by molar-refractivity contribution is 5.45. The van der Waals surface area contributed by atoms with Crippen molar-refractivity contribution < 1.29 is 4.74 Å². The van der Waals surface area contributed by atoms with Gasteiger partial charge in [-0.15, -0.1) is 6.42 Å². The van der Waals surface area contributed by atoms with Gasteiger partial charge in [-0.1, -0.05) is 42.3 Å². The van der Waals surface area contributed by atoms with Gasteiger partial charge in [0.05, 0.1) is 12.6 Å². The molecule has 0 bridgehead atoms. The summed E-state index contributed by atoms with van der Waals surface area (Å²) in [6.07, 6.45) is 13.9. The van der Waals surface area contributed by atoms with Gasteiger partial charge in [0.15, 0.2) is 6.23 Å². The van der Waals surface area contributed by atoms with Crippen molar-refractivity contribution in [3.05, 3.63) is 71.1 Å². The molecule has 1 aliphatic carbocycles. The van der Waals surface area contributed by atoms with Crippen molar-refractivity contribution in [3.63, 3.8) is 0 Å². The maximum Gasteiger partial charge on any atom is 0.158 e. The first-order chi connectivity index (χ1) is 11.8. The Morgan fingerprint density at radius 3 is 2.75 bits per heavy atom. The molecule has 0 saturated heterocycles. The zero-order valence-corrected chi connectivity index (χ0v) is 14.3. The highest BCUT2D eigenvalue weighted by Gasteiger charge is 2.31. The fourth-order valence-corrected chi connectivity index (χ4v) is 3.14. The Labute approximate surface area is 144 Å². The second-order valence-electron chi connectivity index (χ2n) is 6.12. The Morgan fingerprint density at radius 2 is 2.12 bits per heavy atom. The lowest BCUT2D eigenvalue weighted by Gasteiger charge is -2.38. The predicted molar refractivity (Wildman–Crippen MR) is 97.8 cm³/mol. The fraction of sp³-hybridized carbons (Fsp3) is 0.333. The van der Waals surface area contributed by atoms with Gasteiger partial charge in [0.2, 0.25) is 0 Å². The van der Waals surface area contributed by atoms with E-state index in [2.05, 4.69) is 65.7 Å². The molecule has 0 aromatic heterocycles. The second kappa shape index (κ2) is 7.42. The van der Waals surface area contributed by atoms with Crippen LogP contribution in [0.25, 0.3) is 0 Å². The van der Waals surface area contributed by atoms with Gasteiger partial charge in [-0.3, -0.25) is 0 Å². The maximum absolute atomic E-state index is 5.88. The lowest BCUT2D eigenvalue weighted by atomic mass is 10.0. The Bertz CT molecular complexity index is 703. The molecule has 1 heterocycles. The third-order valence-electron chi connectivity index (χ3n) is 4.53. The molecule has 0 spiro atoms. The molecular weight excluding hydrogens is 296 g/mol. The number of nitrogens with one attached hydrogen (secondary N) is 1. The molecule has 2 aliphatic rings. The number of hydrogen-bond donors (Lipinski definition) is 1. The van der Waals surface area contributed by atoms with Crippen LogP contribution in [0.4, 0.5) is 0 Å². The highest BCUT2D eigenvalue weighted by atomic mass is 16.5. The van der Waals surface area contributed by atoms with E-state index < -0.39 is 0 Å².